The topological polar surface area (TPSA) is 26.0 Å². The SMILES string of the molecule is CCCCCCCCC(N)CCCCCCC(C)(C)[C@H]1C[C@H]1CCCCCCCC. The Morgan fingerprint density at radius 1 is 0.667 bits per heavy atom. The summed E-state index contributed by atoms with van der Waals surface area (Å²) in [4.78, 5) is 0. The molecule has 3 atom stereocenters. The summed E-state index contributed by atoms with van der Waals surface area (Å²) in [5.74, 6) is 2.09. The monoisotopic (exact) mass is 421 g/mol. The Kier molecular flexibility index (Phi) is 16.3. The molecule has 1 aliphatic rings. The molecule has 0 aromatic rings. The zero-order valence-electron chi connectivity index (χ0n) is 21.7. The zero-order chi connectivity index (χ0) is 22.1. The van der Waals surface area contributed by atoms with E-state index in [1.165, 1.54) is 135 Å². The molecule has 180 valence electrons. The van der Waals surface area contributed by atoms with Gasteiger partial charge in [0.1, 0.15) is 0 Å². The van der Waals surface area contributed by atoms with Gasteiger partial charge in [-0.3, -0.25) is 0 Å². The van der Waals surface area contributed by atoms with Crippen LogP contribution >= 0.6 is 0 Å². The van der Waals surface area contributed by atoms with Crippen molar-refractivity contribution in [3.63, 3.8) is 0 Å². The largest absolute Gasteiger partial charge is 0.328 e. The molecule has 2 N–H and O–H groups in total. The second-order valence-electron chi connectivity index (χ2n) is 11.4. The van der Waals surface area contributed by atoms with Crippen LogP contribution in [-0.4, -0.2) is 6.04 Å². The minimum Gasteiger partial charge on any atom is -0.328 e. The number of hydrogen-bond acceptors (Lipinski definition) is 1. The van der Waals surface area contributed by atoms with E-state index in [1.54, 1.807) is 0 Å². The lowest BCUT2D eigenvalue weighted by molar-refractivity contribution is 0.253. The highest BCUT2D eigenvalue weighted by molar-refractivity contribution is 4.95. The third kappa shape index (κ3) is 14.1. The number of hydrogen-bond donors (Lipinski definition) is 1. The van der Waals surface area contributed by atoms with E-state index in [0.717, 1.165) is 11.8 Å². The summed E-state index contributed by atoms with van der Waals surface area (Å²) in [6.07, 6.45) is 29.6. The third-order valence-electron chi connectivity index (χ3n) is 7.93. The van der Waals surface area contributed by atoms with E-state index < -0.39 is 0 Å². The molecule has 0 aromatic heterocycles. The lowest BCUT2D eigenvalue weighted by Crippen LogP contribution is -2.19. The third-order valence-corrected chi connectivity index (χ3v) is 7.93. The molecule has 1 rings (SSSR count). The van der Waals surface area contributed by atoms with Gasteiger partial charge in [0, 0.05) is 6.04 Å². The van der Waals surface area contributed by atoms with Crippen LogP contribution < -0.4 is 5.73 Å². The maximum absolute atomic E-state index is 6.34. The van der Waals surface area contributed by atoms with Crippen LogP contribution in [0.4, 0.5) is 0 Å². The van der Waals surface area contributed by atoms with Crippen molar-refractivity contribution in [3.8, 4) is 0 Å². The Labute approximate surface area is 191 Å². The molecule has 0 saturated heterocycles. The van der Waals surface area contributed by atoms with E-state index in [-0.39, 0.29) is 0 Å². The van der Waals surface area contributed by atoms with Gasteiger partial charge in [0.25, 0.3) is 0 Å². The molecule has 1 unspecified atom stereocenters. The Hall–Kier alpha value is -0.0400. The van der Waals surface area contributed by atoms with Crippen LogP contribution in [0.1, 0.15) is 163 Å². The van der Waals surface area contributed by atoms with Crippen molar-refractivity contribution in [2.75, 3.05) is 0 Å². The van der Waals surface area contributed by atoms with E-state index in [2.05, 4.69) is 27.7 Å². The molecular formula is C29H59N. The van der Waals surface area contributed by atoms with Gasteiger partial charge < -0.3 is 5.73 Å². The van der Waals surface area contributed by atoms with E-state index >= 15 is 0 Å². The van der Waals surface area contributed by atoms with Gasteiger partial charge in [0.15, 0.2) is 0 Å². The lowest BCUT2D eigenvalue weighted by Gasteiger charge is -2.25. The van der Waals surface area contributed by atoms with Gasteiger partial charge in [-0.15, -0.1) is 0 Å². The highest BCUT2D eigenvalue weighted by Gasteiger charge is 2.46. The fraction of sp³-hybridized carbons (Fsp3) is 1.00. The van der Waals surface area contributed by atoms with Crippen molar-refractivity contribution in [3.05, 3.63) is 0 Å². The first kappa shape index (κ1) is 28.0. The molecule has 1 aliphatic carbocycles. The van der Waals surface area contributed by atoms with Gasteiger partial charge in [-0.2, -0.15) is 0 Å². The average molecular weight is 422 g/mol. The van der Waals surface area contributed by atoms with Gasteiger partial charge in [-0.05, 0) is 42.9 Å². The van der Waals surface area contributed by atoms with Gasteiger partial charge in [-0.1, -0.05) is 137 Å². The smallest absolute Gasteiger partial charge is 0.00388 e. The van der Waals surface area contributed by atoms with Crippen molar-refractivity contribution in [1.29, 1.82) is 0 Å². The predicted molar refractivity (Wildman–Crippen MR) is 137 cm³/mol. The highest BCUT2D eigenvalue weighted by Crippen LogP contribution is 2.55. The fourth-order valence-electron chi connectivity index (χ4n) is 5.57. The van der Waals surface area contributed by atoms with Crippen LogP contribution in [0.5, 0.6) is 0 Å². The minimum absolute atomic E-state index is 0.460. The summed E-state index contributed by atoms with van der Waals surface area (Å²) >= 11 is 0. The quantitative estimate of drug-likeness (QED) is 0.173. The molecule has 0 amide bonds. The molecular weight excluding hydrogens is 362 g/mol. The van der Waals surface area contributed by atoms with Crippen molar-refractivity contribution in [2.45, 2.75) is 169 Å². The normalized spacial score (nSPS) is 19.9. The standard InChI is InChI=1S/C29H59N/c1-5-7-9-11-13-17-21-26-25-28(26)29(3,4)24-20-16-15-19-23-27(30)22-18-14-12-10-8-6-2/h26-28H,5-25,30H2,1-4H3/t26-,27?,28+/m1/s1. The molecule has 0 heterocycles. The van der Waals surface area contributed by atoms with Crippen molar-refractivity contribution in [2.24, 2.45) is 23.0 Å². The van der Waals surface area contributed by atoms with Crippen LogP contribution in [0.3, 0.4) is 0 Å². The van der Waals surface area contributed by atoms with Crippen LogP contribution in [-0.2, 0) is 0 Å². The summed E-state index contributed by atoms with van der Waals surface area (Å²) in [6.45, 7) is 9.70. The van der Waals surface area contributed by atoms with Crippen LogP contribution in [0, 0.1) is 17.3 Å². The van der Waals surface area contributed by atoms with Gasteiger partial charge in [0.05, 0.1) is 0 Å². The Bertz CT molecular complexity index is 375. The summed E-state index contributed by atoms with van der Waals surface area (Å²) in [5, 5.41) is 0. The molecule has 1 fully saturated rings. The maximum atomic E-state index is 6.34. The first-order valence-corrected chi connectivity index (χ1v) is 14.3. The van der Waals surface area contributed by atoms with E-state index in [0.29, 0.717) is 11.5 Å². The first-order valence-electron chi connectivity index (χ1n) is 14.3. The molecule has 1 heteroatoms. The number of rotatable bonds is 22. The second kappa shape index (κ2) is 17.5. The highest BCUT2D eigenvalue weighted by atomic mass is 14.6. The molecule has 0 aromatic carbocycles. The summed E-state index contributed by atoms with van der Waals surface area (Å²) in [5.41, 5.74) is 6.92. The molecule has 30 heavy (non-hydrogen) atoms. The molecule has 0 aliphatic heterocycles. The summed E-state index contributed by atoms with van der Waals surface area (Å²) in [7, 11) is 0. The van der Waals surface area contributed by atoms with Crippen molar-refractivity contribution in [1.82, 2.24) is 0 Å². The molecule has 0 bridgehead atoms. The predicted octanol–water partition coefficient (Wildman–Crippen LogP) is 9.82. The van der Waals surface area contributed by atoms with Gasteiger partial charge in [-0.25, -0.2) is 0 Å². The molecule has 1 nitrogen and oxygen atoms in total. The van der Waals surface area contributed by atoms with E-state index in [1.807, 2.05) is 0 Å². The first-order chi connectivity index (χ1) is 14.5. The summed E-state index contributed by atoms with van der Waals surface area (Å²) in [6, 6.07) is 0.460. The van der Waals surface area contributed by atoms with E-state index in [4.69, 9.17) is 5.73 Å². The van der Waals surface area contributed by atoms with Crippen molar-refractivity contribution >= 4 is 0 Å². The van der Waals surface area contributed by atoms with Crippen LogP contribution in [0.2, 0.25) is 0 Å². The zero-order valence-corrected chi connectivity index (χ0v) is 21.7. The Balaban J connectivity index is 1.93. The van der Waals surface area contributed by atoms with E-state index in [9.17, 15) is 0 Å². The average Bonchev–Trinajstić information content (AvgIpc) is 3.50. The lowest BCUT2D eigenvalue weighted by atomic mass is 9.80. The fourth-order valence-corrected chi connectivity index (χ4v) is 5.57. The maximum Gasteiger partial charge on any atom is 0.00388 e. The van der Waals surface area contributed by atoms with Crippen LogP contribution in [0.15, 0.2) is 0 Å². The Morgan fingerprint density at radius 2 is 1.13 bits per heavy atom. The number of unbranched alkanes of at least 4 members (excludes halogenated alkanes) is 13. The minimum atomic E-state index is 0.460. The molecule has 1 saturated carbocycles. The molecule has 0 spiro atoms. The van der Waals surface area contributed by atoms with Crippen LogP contribution in [0.25, 0.3) is 0 Å². The second-order valence-corrected chi connectivity index (χ2v) is 11.4. The molecule has 0 radical (unpaired) electrons. The van der Waals surface area contributed by atoms with Crippen molar-refractivity contribution < 1.29 is 0 Å². The Morgan fingerprint density at radius 3 is 1.70 bits per heavy atom. The van der Waals surface area contributed by atoms with Gasteiger partial charge in [0.2, 0.25) is 0 Å². The number of nitrogens with two attached hydrogens (primary N) is 1. The van der Waals surface area contributed by atoms with Gasteiger partial charge >= 0.3 is 0 Å². The summed E-state index contributed by atoms with van der Waals surface area (Å²) < 4.78 is 0.